The van der Waals surface area contributed by atoms with Gasteiger partial charge < -0.3 is 4.74 Å². The fourth-order valence-corrected chi connectivity index (χ4v) is 1.80. The van der Waals surface area contributed by atoms with Crippen LogP contribution in [0.4, 0.5) is 10.1 Å². The number of hydrogen-bond donors (Lipinski definition) is 1. The quantitative estimate of drug-likeness (QED) is 0.885. The molecule has 6 heteroatoms. The molecule has 1 rings (SSSR count). The fourth-order valence-electron chi connectivity index (χ4n) is 1.17. The number of sulfonamides is 1. The highest BCUT2D eigenvalue weighted by atomic mass is 32.2. The van der Waals surface area contributed by atoms with Gasteiger partial charge in [0, 0.05) is 6.07 Å². The summed E-state index contributed by atoms with van der Waals surface area (Å²) in [6, 6.07) is 3.97. The molecule has 1 aromatic rings. The van der Waals surface area contributed by atoms with Crippen molar-refractivity contribution in [3.63, 3.8) is 0 Å². The lowest BCUT2D eigenvalue weighted by Gasteiger charge is -2.12. The van der Waals surface area contributed by atoms with E-state index >= 15 is 0 Å². The molecule has 0 aliphatic heterocycles. The second-order valence-corrected chi connectivity index (χ2v) is 5.83. The third-order valence-corrected chi connectivity index (χ3v) is 3.25. The fraction of sp³-hybridized carbons (Fsp3) is 0.455. The second kappa shape index (κ2) is 5.35. The highest BCUT2D eigenvalue weighted by molar-refractivity contribution is 7.92. The summed E-state index contributed by atoms with van der Waals surface area (Å²) in [4.78, 5) is 0. The molecule has 0 fully saturated rings. The van der Waals surface area contributed by atoms with Crippen LogP contribution in [0.2, 0.25) is 0 Å². The largest absolute Gasteiger partial charge is 0.488 e. The van der Waals surface area contributed by atoms with E-state index in [2.05, 4.69) is 4.72 Å². The van der Waals surface area contributed by atoms with Gasteiger partial charge in [0.2, 0.25) is 10.0 Å². The summed E-state index contributed by atoms with van der Waals surface area (Å²) in [7, 11) is -3.38. The van der Waals surface area contributed by atoms with Gasteiger partial charge in [-0.3, -0.25) is 4.72 Å². The third kappa shape index (κ3) is 4.22. The second-order valence-electron chi connectivity index (χ2n) is 3.82. The topological polar surface area (TPSA) is 55.4 Å². The number of benzene rings is 1. The summed E-state index contributed by atoms with van der Waals surface area (Å²) in [6.07, 6.45) is -0.136. The van der Waals surface area contributed by atoms with Crippen molar-refractivity contribution in [2.75, 3.05) is 10.5 Å². The van der Waals surface area contributed by atoms with Crippen LogP contribution in [0.15, 0.2) is 18.2 Å². The van der Waals surface area contributed by atoms with Gasteiger partial charge in [-0.2, -0.15) is 0 Å². The summed E-state index contributed by atoms with van der Waals surface area (Å²) in [5.74, 6) is -0.534. The Morgan fingerprint density at radius 2 is 2.06 bits per heavy atom. The van der Waals surface area contributed by atoms with Gasteiger partial charge >= 0.3 is 0 Å². The number of rotatable bonds is 5. The van der Waals surface area contributed by atoms with Crippen molar-refractivity contribution in [3.8, 4) is 5.75 Å². The zero-order valence-corrected chi connectivity index (χ0v) is 10.8. The number of nitrogens with one attached hydrogen (secondary N) is 1. The molecule has 0 saturated heterocycles. The van der Waals surface area contributed by atoms with Crippen LogP contribution < -0.4 is 9.46 Å². The number of ether oxygens (including phenoxy) is 1. The lowest BCUT2D eigenvalue weighted by atomic mass is 10.3. The minimum atomic E-state index is -3.38. The van der Waals surface area contributed by atoms with E-state index < -0.39 is 15.8 Å². The molecule has 17 heavy (non-hydrogen) atoms. The molecular weight excluding hydrogens is 245 g/mol. The Morgan fingerprint density at radius 3 is 2.53 bits per heavy atom. The molecule has 0 heterocycles. The summed E-state index contributed by atoms with van der Waals surface area (Å²) in [5, 5.41) is 0. The molecule has 0 radical (unpaired) electrons. The summed E-state index contributed by atoms with van der Waals surface area (Å²) in [6.45, 7) is 5.08. The van der Waals surface area contributed by atoms with E-state index in [0.29, 0.717) is 0 Å². The Balaban J connectivity index is 2.89. The van der Waals surface area contributed by atoms with Crippen LogP contribution in [-0.2, 0) is 10.0 Å². The molecule has 0 aromatic heterocycles. The highest BCUT2D eigenvalue weighted by Crippen LogP contribution is 2.22. The van der Waals surface area contributed by atoms with Gasteiger partial charge in [0.1, 0.15) is 0 Å². The van der Waals surface area contributed by atoms with Gasteiger partial charge in [0.25, 0.3) is 0 Å². The minimum absolute atomic E-state index is 0.0567. The Hall–Kier alpha value is -1.30. The van der Waals surface area contributed by atoms with Gasteiger partial charge in [-0.1, -0.05) is 0 Å². The molecule has 1 N–H and O–H groups in total. The predicted molar refractivity (Wildman–Crippen MR) is 65.2 cm³/mol. The van der Waals surface area contributed by atoms with Crippen LogP contribution in [0, 0.1) is 5.82 Å². The molecule has 0 amide bonds. The van der Waals surface area contributed by atoms with Crippen LogP contribution in [0.25, 0.3) is 0 Å². The van der Waals surface area contributed by atoms with Crippen molar-refractivity contribution >= 4 is 15.7 Å². The van der Waals surface area contributed by atoms with Crippen LogP contribution in [-0.4, -0.2) is 20.3 Å². The lowest BCUT2D eigenvalue weighted by molar-refractivity contribution is 0.231. The van der Waals surface area contributed by atoms with E-state index in [9.17, 15) is 12.8 Å². The van der Waals surface area contributed by atoms with Crippen LogP contribution >= 0.6 is 0 Å². The summed E-state index contributed by atoms with van der Waals surface area (Å²) < 4.78 is 43.6. The van der Waals surface area contributed by atoms with Crippen molar-refractivity contribution in [2.24, 2.45) is 0 Å². The molecule has 0 saturated carbocycles. The van der Waals surface area contributed by atoms with Crippen LogP contribution in [0.1, 0.15) is 20.8 Å². The van der Waals surface area contributed by atoms with Crippen LogP contribution in [0.5, 0.6) is 5.75 Å². The SMILES string of the molecule is CCS(=O)(=O)Nc1ccc(OC(C)C)c(F)c1. The predicted octanol–water partition coefficient (Wildman–Crippen LogP) is 2.37. The Bertz CT molecular complexity index is 485. The Labute approximate surface area is 101 Å². The lowest BCUT2D eigenvalue weighted by Crippen LogP contribution is -2.15. The molecule has 1 aromatic carbocycles. The maximum Gasteiger partial charge on any atom is 0.232 e. The van der Waals surface area contributed by atoms with Gasteiger partial charge in [-0.25, -0.2) is 12.8 Å². The van der Waals surface area contributed by atoms with E-state index in [4.69, 9.17) is 4.74 Å². The summed E-state index contributed by atoms with van der Waals surface area (Å²) >= 11 is 0. The zero-order valence-electron chi connectivity index (χ0n) is 10.0. The first-order valence-corrected chi connectivity index (χ1v) is 6.96. The monoisotopic (exact) mass is 261 g/mol. The van der Waals surface area contributed by atoms with Crippen LogP contribution in [0.3, 0.4) is 0 Å². The first-order valence-electron chi connectivity index (χ1n) is 5.30. The van der Waals surface area contributed by atoms with Gasteiger partial charge in [-0.05, 0) is 32.9 Å². The maximum absolute atomic E-state index is 13.5. The molecule has 0 aliphatic carbocycles. The van der Waals surface area contributed by atoms with Crippen molar-refractivity contribution < 1.29 is 17.5 Å². The summed E-state index contributed by atoms with van der Waals surface area (Å²) in [5.41, 5.74) is 0.195. The standard InChI is InChI=1S/C11H16FNO3S/c1-4-17(14,15)13-9-5-6-11(10(12)7-9)16-8(2)3/h5-8,13H,4H2,1-3H3. The highest BCUT2D eigenvalue weighted by Gasteiger charge is 2.10. The number of hydrogen-bond acceptors (Lipinski definition) is 3. The normalized spacial score (nSPS) is 11.6. The Kier molecular flexibility index (Phi) is 4.34. The Morgan fingerprint density at radius 1 is 1.41 bits per heavy atom. The van der Waals surface area contributed by atoms with Gasteiger partial charge in [0.15, 0.2) is 11.6 Å². The minimum Gasteiger partial charge on any atom is -0.488 e. The van der Waals surface area contributed by atoms with Crippen molar-refractivity contribution in [2.45, 2.75) is 26.9 Å². The average molecular weight is 261 g/mol. The maximum atomic E-state index is 13.5. The first kappa shape index (κ1) is 13.8. The molecular formula is C11H16FNO3S. The van der Waals surface area contributed by atoms with E-state index in [1.807, 2.05) is 0 Å². The first-order chi connectivity index (χ1) is 7.84. The van der Waals surface area contributed by atoms with Crippen molar-refractivity contribution in [3.05, 3.63) is 24.0 Å². The molecule has 96 valence electrons. The van der Waals surface area contributed by atoms with Crippen molar-refractivity contribution in [1.29, 1.82) is 0 Å². The van der Waals surface area contributed by atoms with E-state index in [0.717, 1.165) is 6.07 Å². The van der Waals surface area contributed by atoms with E-state index in [1.54, 1.807) is 13.8 Å². The number of halogens is 1. The smallest absolute Gasteiger partial charge is 0.232 e. The van der Waals surface area contributed by atoms with E-state index in [-0.39, 0.29) is 23.3 Å². The molecule has 0 bridgehead atoms. The van der Waals surface area contributed by atoms with E-state index in [1.165, 1.54) is 19.1 Å². The molecule has 0 spiro atoms. The molecule has 0 aliphatic rings. The van der Waals surface area contributed by atoms with Gasteiger partial charge in [-0.15, -0.1) is 0 Å². The van der Waals surface area contributed by atoms with Gasteiger partial charge in [0.05, 0.1) is 17.5 Å². The zero-order chi connectivity index (χ0) is 13.1. The molecule has 4 nitrogen and oxygen atoms in total. The molecule has 0 unspecified atom stereocenters. The number of anilines is 1. The third-order valence-electron chi connectivity index (χ3n) is 1.95. The van der Waals surface area contributed by atoms with Crippen molar-refractivity contribution in [1.82, 2.24) is 0 Å². The molecule has 0 atom stereocenters. The average Bonchev–Trinajstić information content (AvgIpc) is 2.21.